The summed E-state index contributed by atoms with van der Waals surface area (Å²) in [5.74, 6) is -0.611. The SMILES string of the molecule is O=C(/C=C/C=C/C=C/C1CCCCC1)Nc1cc(/C=C/C=C/C=[13CH]/[13C](=O)NC2=C(O)CCC2=O)ccc1O. The fraction of sp³-hybridized carbons (Fsp3) is 0.258. The van der Waals surface area contributed by atoms with Crippen LogP contribution in [0, 0.1) is 5.92 Å². The van der Waals surface area contributed by atoms with Crippen molar-refractivity contribution in [3.05, 3.63) is 102 Å². The number of aliphatic hydroxyl groups is 1. The van der Waals surface area contributed by atoms with E-state index in [0.29, 0.717) is 11.6 Å². The predicted octanol–water partition coefficient (Wildman–Crippen LogP) is 5.95. The van der Waals surface area contributed by atoms with E-state index in [4.69, 9.17) is 0 Å². The Morgan fingerprint density at radius 1 is 0.789 bits per heavy atom. The number of aromatic hydroxyl groups is 1. The van der Waals surface area contributed by atoms with E-state index in [1.165, 1.54) is 56.4 Å². The third-order valence-corrected chi connectivity index (χ3v) is 6.17. The number of hydrogen-bond acceptors (Lipinski definition) is 5. The molecule has 1 aromatic rings. The highest BCUT2D eigenvalue weighted by atomic mass is 16.3. The standard InChI is InChI=1S/C31H34N2O5/c34-26-19-18-24(15-7-2-4-11-17-30(38)33-31-27(35)20-21-28(31)36)22-25(26)32-29(37)16-10-3-1-6-12-23-13-8-5-9-14-23/h1-4,6-7,10-12,15-19,22-23,34-35H,5,8-9,13-14,20-21H2,(H,32,37)(H,33,38)/b3-1+,4-2+,12-6+,15-7+,16-10+,17-11+/i17+1,30+1. The summed E-state index contributed by atoms with van der Waals surface area (Å²) in [6.07, 6.45) is 27.5. The van der Waals surface area contributed by atoms with Gasteiger partial charge in [-0.1, -0.05) is 86.1 Å². The van der Waals surface area contributed by atoms with Gasteiger partial charge < -0.3 is 20.8 Å². The van der Waals surface area contributed by atoms with E-state index in [9.17, 15) is 24.6 Å². The Hall–Kier alpha value is -4.39. The van der Waals surface area contributed by atoms with Crippen LogP contribution in [-0.4, -0.2) is 27.8 Å². The molecular weight excluding hydrogens is 482 g/mol. The number of nitrogens with one attached hydrogen (secondary N) is 2. The maximum atomic E-state index is 12.2. The molecule has 0 aliphatic heterocycles. The number of Topliss-reactive ketones (excluding diaryl/α,β-unsaturated/α-hetero) is 1. The zero-order valence-corrected chi connectivity index (χ0v) is 21.3. The Morgan fingerprint density at radius 2 is 1.45 bits per heavy atom. The van der Waals surface area contributed by atoms with Crippen molar-refractivity contribution in [2.75, 3.05) is 5.32 Å². The molecule has 0 heterocycles. The number of benzene rings is 1. The molecule has 0 atom stereocenters. The minimum Gasteiger partial charge on any atom is -0.510 e. The molecule has 2 aliphatic rings. The van der Waals surface area contributed by atoms with Crippen LogP contribution in [0.4, 0.5) is 5.69 Å². The fourth-order valence-corrected chi connectivity index (χ4v) is 4.14. The van der Waals surface area contributed by atoms with Crippen LogP contribution in [0.5, 0.6) is 5.75 Å². The molecule has 1 aromatic carbocycles. The monoisotopic (exact) mass is 516 g/mol. The van der Waals surface area contributed by atoms with E-state index in [-0.39, 0.29) is 41.7 Å². The molecule has 0 radical (unpaired) electrons. The Labute approximate surface area is 223 Å². The highest BCUT2D eigenvalue weighted by Gasteiger charge is 2.23. The molecule has 1 saturated carbocycles. The second-order valence-electron chi connectivity index (χ2n) is 9.13. The lowest BCUT2D eigenvalue weighted by molar-refractivity contribution is -0.119. The van der Waals surface area contributed by atoms with Crippen LogP contribution in [0.1, 0.15) is 50.5 Å². The fourth-order valence-electron chi connectivity index (χ4n) is 4.14. The summed E-state index contributed by atoms with van der Waals surface area (Å²) in [6.45, 7) is 0. The van der Waals surface area contributed by atoms with Crippen LogP contribution in [-0.2, 0) is 14.4 Å². The third kappa shape index (κ3) is 9.58. The molecule has 7 nitrogen and oxygen atoms in total. The number of aliphatic hydroxyl groups excluding tert-OH is 1. The second kappa shape index (κ2) is 15.0. The Balaban J connectivity index is 1.45. The maximum Gasteiger partial charge on any atom is 0.248 e. The molecule has 2 aliphatic carbocycles. The van der Waals surface area contributed by atoms with Gasteiger partial charge in [0.25, 0.3) is 0 Å². The van der Waals surface area contributed by atoms with E-state index in [0.717, 1.165) is 5.56 Å². The van der Waals surface area contributed by atoms with Crippen molar-refractivity contribution in [2.45, 2.75) is 44.9 Å². The van der Waals surface area contributed by atoms with Gasteiger partial charge in [-0.25, -0.2) is 0 Å². The molecular formula is C31H34N2O5. The average Bonchev–Trinajstić information content (AvgIpc) is 3.22. The summed E-state index contributed by atoms with van der Waals surface area (Å²) in [5, 5.41) is 24.7. The van der Waals surface area contributed by atoms with Crippen molar-refractivity contribution < 1.29 is 24.6 Å². The molecule has 3 rings (SSSR count). The molecule has 0 bridgehead atoms. The van der Waals surface area contributed by atoms with E-state index in [1.54, 1.807) is 48.6 Å². The van der Waals surface area contributed by atoms with E-state index in [2.05, 4.69) is 16.7 Å². The van der Waals surface area contributed by atoms with E-state index in [1.807, 2.05) is 12.2 Å². The van der Waals surface area contributed by atoms with Crippen molar-refractivity contribution in [3.8, 4) is 5.75 Å². The second-order valence-corrected chi connectivity index (χ2v) is 9.13. The van der Waals surface area contributed by atoms with Gasteiger partial charge in [-0.2, -0.15) is 0 Å². The Bertz CT molecular complexity index is 1220. The molecule has 38 heavy (non-hydrogen) atoms. The molecule has 4 N–H and O–H groups in total. The predicted molar refractivity (Wildman–Crippen MR) is 150 cm³/mol. The van der Waals surface area contributed by atoms with E-state index < -0.39 is 5.91 Å². The van der Waals surface area contributed by atoms with Crippen molar-refractivity contribution >= 4 is 29.4 Å². The lowest BCUT2D eigenvalue weighted by Crippen LogP contribution is -2.24. The van der Waals surface area contributed by atoms with Gasteiger partial charge in [-0.05, 0) is 36.5 Å². The van der Waals surface area contributed by atoms with Gasteiger partial charge in [-0.15, -0.1) is 0 Å². The summed E-state index contributed by atoms with van der Waals surface area (Å²) in [5.41, 5.74) is 1.01. The topological polar surface area (TPSA) is 116 Å². The quantitative estimate of drug-likeness (QED) is 0.133. The minimum absolute atomic E-state index is 0.0345. The average molecular weight is 517 g/mol. The van der Waals surface area contributed by atoms with Crippen molar-refractivity contribution in [1.29, 1.82) is 0 Å². The van der Waals surface area contributed by atoms with E-state index >= 15 is 0 Å². The van der Waals surface area contributed by atoms with Crippen molar-refractivity contribution in [2.24, 2.45) is 5.92 Å². The van der Waals surface area contributed by atoms with Gasteiger partial charge in [0, 0.05) is 25.0 Å². The number of carbonyl (C=O) groups is 3. The third-order valence-electron chi connectivity index (χ3n) is 6.17. The molecule has 0 saturated heterocycles. The molecule has 0 aromatic heterocycles. The molecule has 198 valence electrons. The zero-order chi connectivity index (χ0) is 27.2. The Morgan fingerprint density at radius 3 is 2.13 bits per heavy atom. The lowest BCUT2D eigenvalue weighted by atomic mass is 9.89. The van der Waals surface area contributed by atoms with Gasteiger partial charge in [0.05, 0.1) is 5.69 Å². The van der Waals surface area contributed by atoms with Crippen LogP contribution in [0.25, 0.3) is 6.08 Å². The van der Waals surface area contributed by atoms with Gasteiger partial charge in [0.1, 0.15) is 17.2 Å². The van der Waals surface area contributed by atoms with Crippen LogP contribution in [0.2, 0.25) is 0 Å². The summed E-state index contributed by atoms with van der Waals surface area (Å²) < 4.78 is 0. The lowest BCUT2D eigenvalue weighted by Gasteiger charge is -2.17. The van der Waals surface area contributed by atoms with Crippen LogP contribution < -0.4 is 10.6 Å². The van der Waals surface area contributed by atoms with Crippen molar-refractivity contribution in [1.82, 2.24) is 5.32 Å². The number of amides is 2. The Kier molecular flexibility index (Phi) is 11.1. The highest BCUT2D eigenvalue weighted by molar-refractivity contribution is 6.03. The molecule has 0 spiro atoms. The van der Waals surface area contributed by atoms with Gasteiger partial charge in [-0.3, -0.25) is 14.4 Å². The zero-order valence-electron chi connectivity index (χ0n) is 21.3. The maximum absolute atomic E-state index is 12.2. The number of rotatable bonds is 10. The number of phenolic OH excluding ortho intramolecular Hbond substituents is 1. The highest BCUT2D eigenvalue weighted by Crippen LogP contribution is 2.25. The number of ketones is 1. The van der Waals surface area contributed by atoms with Crippen LogP contribution >= 0.6 is 0 Å². The summed E-state index contributed by atoms with van der Waals surface area (Å²) >= 11 is 0. The smallest absolute Gasteiger partial charge is 0.248 e. The number of phenols is 1. The van der Waals surface area contributed by atoms with Gasteiger partial charge in [0.15, 0.2) is 5.78 Å². The van der Waals surface area contributed by atoms with Gasteiger partial charge in [0.2, 0.25) is 11.8 Å². The number of carbonyl (C=O) groups excluding carboxylic acids is 3. The summed E-state index contributed by atoms with van der Waals surface area (Å²) in [6, 6.07) is 4.85. The molecule has 1 fully saturated rings. The largest absolute Gasteiger partial charge is 0.510 e. The molecule has 7 heteroatoms. The first-order valence-electron chi connectivity index (χ1n) is 12.9. The number of anilines is 1. The first kappa shape index (κ1) is 28.2. The normalized spacial score (nSPS) is 17.4. The van der Waals surface area contributed by atoms with Crippen LogP contribution in [0.3, 0.4) is 0 Å². The minimum atomic E-state index is -0.505. The van der Waals surface area contributed by atoms with Crippen LogP contribution in [0.15, 0.2) is 96.5 Å². The first-order chi connectivity index (χ1) is 18.4. The summed E-state index contributed by atoms with van der Waals surface area (Å²) in [4.78, 5) is 35.7. The molecule has 0 unspecified atom stereocenters. The van der Waals surface area contributed by atoms with Crippen molar-refractivity contribution in [3.63, 3.8) is 0 Å². The number of hydrogen-bond donors (Lipinski definition) is 4. The summed E-state index contributed by atoms with van der Waals surface area (Å²) in [7, 11) is 0. The first-order valence-corrected chi connectivity index (χ1v) is 12.9. The molecule has 2 amide bonds. The van der Waals surface area contributed by atoms with Gasteiger partial charge >= 0.3 is 0 Å². The number of allylic oxidation sites excluding steroid dienone is 11.